The number of esters is 1. The van der Waals surface area contributed by atoms with Gasteiger partial charge in [0.1, 0.15) is 0 Å². The Morgan fingerprint density at radius 3 is 2.78 bits per heavy atom. The fourth-order valence-electron chi connectivity index (χ4n) is 2.31. The molecule has 1 saturated heterocycles. The molecule has 1 fully saturated rings. The number of benzene rings is 1. The lowest BCUT2D eigenvalue weighted by Crippen LogP contribution is -2.36. The van der Waals surface area contributed by atoms with Crippen LogP contribution in [0.2, 0.25) is 0 Å². The number of nitrogens with zero attached hydrogens (tertiary/aromatic N) is 1. The van der Waals surface area contributed by atoms with Crippen LogP contribution in [0.15, 0.2) is 28.7 Å². The Bertz CT molecular complexity index is 414. The summed E-state index contributed by atoms with van der Waals surface area (Å²) in [5, 5.41) is 0. The van der Waals surface area contributed by atoms with Crippen molar-refractivity contribution in [2.24, 2.45) is 5.92 Å². The number of hydrogen-bond acceptors (Lipinski definition) is 3. The van der Waals surface area contributed by atoms with Crippen molar-refractivity contribution in [2.75, 3.05) is 24.6 Å². The number of carbonyl (C=O) groups is 1. The molecule has 1 aliphatic heterocycles. The van der Waals surface area contributed by atoms with Crippen LogP contribution in [0.5, 0.6) is 0 Å². The predicted molar refractivity (Wildman–Crippen MR) is 75.7 cm³/mol. The Hall–Kier alpha value is -1.03. The molecular weight excluding hydrogens is 294 g/mol. The first kappa shape index (κ1) is 13.4. The van der Waals surface area contributed by atoms with Crippen LogP contribution >= 0.6 is 15.9 Å². The third kappa shape index (κ3) is 3.25. The van der Waals surface area contributed by atoms with Crippen LogP contribution in [0.25, 0.3) is 0 Å². The molecule has 0 saturated carbocycles. The van der Waals surface area contributed by atoms with Crippen LogP contribution in [0, 0.1) is 5.92 Å². The van der Waals surface area contributed by atoms with E-state index >= 15 is 0 Å². The Morgan fingerprint density at radius 1 is 1.44 bits per heavy atom. The molecule has 0 spiro atoms. The van der Waals surface area contributed by atoms with Crippen molar-refractivity contribution in [3.8, 4) is 0 Å². The minimum absolute atomic E-state index is 0.0357. The lowest BCUT2D eigenvalue weighted by Gasteiger charge is -2.32. The Balaban J connectivity index is 1.92. The molecule has 3 nitrogen and oxygen atoms in total. The van der Waals surface area contributed by atoms with E-state index in [9.17, 15) is 4.79 Å². The van der Waals surface area contributed by atoms with E-state index in [0.717, 1.165) is 30.4 Å². The highest BCUT2D eigenvalue weighted by molar-refractivity contribution is 9.10. The van der Waals surface area contributed by atoms with Crippen molar-refractivity contribution in [1.29, 1.82) is 0 Å². The first-order chi connectivity index (χ1) is 8.70. The third-order valence-electron chi connectivity index (χ3n) is 3.29. The quantitative estimate of drug-likeness (QED) is 0.803. The van der Waals surface area contributed by atoms with E-state index < -0.39 is 0 Å². The number of piperidine rings is 1. The summed E-state index contributed by atoms with van der Waals surface area (Å²) in [6.45, 7) is 4.17. The molecular formula is C14H18BrNO2. The molecule has 1 aromatic carbocycles. The van der Waals surface area contributed by atoms with Gasteiger partial charge in [0, 0.05) is 23.2 Å². The molecule has 2 rings (SSSR count). The summed E-state index contributed by atoms with van der Waals surface area (Å²) in [4.78, 5) is 14.0. The van der Waals surface area contributed by atoms with Gasteiger partial charge in [0.05, 0.1) is 12.5 Å². The van der Waals surface area contributed by atoms with Gasteiger partial charge < -0.3 is 9.64 Å². The van der Waals surface area contributed by atoms with Gasteiger partial charge in [0.2, 0.25) is 0 Å². The van der Waals surface area contributed by atoms with Crippen LogP contribution in [0.4, 0.5) is 5.69 Å². The second-order valence-corrected chi connectivity index (χ2v) is 5.41. The maximum absolute atomic E-state index is 11.6. The van der Waals surface area contributed by atoms with E-state index in [1.54, 1.807) is 0 Å². The van der Waals surface area contributed by atoms with Gasteiger partial charge in [0.15, 0.2) is 0 Å². The molecule has 0 atom stereocenters. The van der Waals surface area contributed by atoms with Crippen molar-refractivity contribution < 1.29 is 9.53 Å². The molecule has 1 aromatic rings. The lowest BCUT2D eigenvalue weighted by atomic mass is 9.96. The average molecular weight is 312 g/mol. The molecule has 1 aliphatic rings. The fourth-order valence-corrected chi connectivity index (χ4v) is 2.69. The molecule has 4 heteroatoms. The van der Waals surface area contributed by atoms with E-state index in [1.165, 1.54) is 5.69 Å². The van der Waals surface area contributed by atoms with Crippen molar-refractivity contribution >= 4 is 27.6 Å². The third-order valence-corrected chi connectivity index (χ3v) is 3.78. The van der Waals surface area contributed by atoms with Gasteiger partial charge in [-0.1, -0.05) is 22.0 Å². The summed E-state index contributed by atoms with van der Waals surface area (Å²) < 4.78 is 6.17. The van der Waals surface area contributed by atoms with Gasteiger partial charge in [-0.3, -0.25) is 4.79 Å². The molecule has 0 aromatic heterocycles. The molecule has 98 valence electrons. The summed E-state index contributed by atoms with van der Waals surface area (Å²) in [5.74, 6) is 0.0414. The SMILES string of the molecule is CCOC(=O)C1CCN(c2cccc(Br)c2)CC1. The van der Waals surface area contributed by atoms with Crippen molar-refractivity contribution in [1.82, 2.24) is 0 Å². The van der Waals surface area contributed by atoms with E-state index in [2.05, 4.69) is 33.0 Å². The summed E-state index contributed by atoms with van der Waals surface area (Å²) in [7, 11) is 0. The maximum Gasteiger partial charge on any atom is 0.309 e. The highest BCUT2D eigenvalue weighted by atomic mass is 79.9. The van der Waals surface area contributed by atoms with E-state index in [0.29, 0.717) is 6.61 Å². The largest absolute Gasteiger partial charge is 0.466 e. The molecule has 0 radical (unpaired) electrons. The van der Waals surface area contributed by atoms with Crippen molar-refractivity contribution in [3.05, 3.63) is 28.7 Å². The lowest BCUT2D eigenvalue weighted by molar-refractivity contribution is -0.148. The second kappa shape index (κ2) is 6.23. The summed E-state index contributed by atoms with van der Waals surface area (Å²) in [6.07, 6.45) is 1.76. The van der Waals surface area contributed by atoms with Gasteiger partial charge in [-0.25, -0.2) is 0 Å². The summed E-state index contributed by atoms with van der Waals surface area (Å²) in [5.41, 5.74) is 1.21. The molecule has 0 amide bonds. The standard InChI is InChI=1S/C14H18BrNO2/c1-2-18-14(17)11-6-8-16(9-7-11)13-5-3-4-12(15)10-13/h3-5,10-11H,2,6-9H2,1H3. The Labute approximate surface area is 116 Å². The number of ether oxygens (including phenoxy) is 1. The number of hydrogen-bond donors (Lipinski definition) is 0. The zero-order chi connectivity index (χ0) is 13.0. The number of anilines is 1. The Kier molecular flexibility index (Phi) is 4.64. The summed E-state index contributed by atoms with van der Waals surface area (Å²) >= 11 is 3.48. The van der Waals surface area contributed by atoms with Crippen LogP contribution < -0.4 is 4.90 Å². The van der Waals surface area contributed by atoms with E-state index in [4.69, 9.17) is 4.74 Å². The highest BCUT2D eigenvalue weighted by Gasteiger charge is 2.25. The average Bonchev–Trinajstić information content (AvgIpc) is 2.39. The van der Waals surface area contributed by atoms with Gasteiger partial charge in [0.25, 0.3) is 0 Å². The topological polar surface area (TPSA) is 29.5 Å². The molecule has 0 aliphatic carbocycles. The fraction of sp³-hybridized carbons (Fsp3) is 0.500. The zero-order valence-electron chi connectivity index (χ0n) is 10.6. The van der Waals surface area contributed by atoms with Gasteiger partial charge in [-0.2, -0.15) is 0 Å². The van der Waals surface area contributed by atoms with Gasteiger partial charge in [-0.15, -0.1) is 0 Å². The Morgan fingerprint density at radius 2 is 2.17 bits per heavy atom. The smallest absolute Gasteiger partial charge is 0.309 e. The summed E-state index contributed by atoms with van der Waals surface area (Å²) in [6, 6.07) is 8.28. The monoisotopic (exact) mass is 311 g/mol. The molecule has 1 heterocycles. The normalized spacial score (nSPS) is 16.7. The zero-order valence-corrected chi connectivity index (χ0v) is 12.1. The number of carbonyl (C=O) groups excluding carboxylic acids is 1. The molecule has 0 unspecified atom stereocenters. The number of halogens is 1. The minimum atomic E-state index is -0.0357. The van der Waals surface area contributed by atoms with Gasteiger partial charge in [-0.05, 0) is 38.0 Å². The second-order valence-electron chi connectivity index (χ2n) is 4.49. The van der Waals surface area contributed by atoms with E-state index in [-0.39, 0.29) is 11.9 Å². The van der Waals surface area contributed by atoms with Crippen LogP contribution in [-0.4, -0.2) is 25.7 Å². The van der Waals surface area contributed by atoms with E-state index in [1.807, 2.05) is 19.1 Å². The molecule has 0 bridgehead atoms. The molecule has 18 heavy (non-hydrogen) atoms. The minimum Gasteiger partial charge on any atom is -0.466 e. The first-order valence-electron chi connectivity index (χ1n) is 6.38. The van der Waals surface area contributed by atoms with Crippen molar-refractivity contribution in [2.45, 2.75) is 19.8 Å². The van der Waals surface area contributed by atoms with Crippen LogP contribution in [0.1, 0.15) is 19.8 Å². The molecule has 0 N–H and O–H groups in total. The van der Waals surface area contributed by atoms with Crippen LogP contribution in [-0.2, 0) is 9.53 Å². The van der Waals surface area contributed by atoms with Gasteiger partial charge >= 0.3 is 5.97 Å². The highest BCUT2D eigenvalue weighted by Crippen LogP contribution is 2.26. The van der Waals surface area contributed by atoms with Crippen molar-refractivity contribution in [3.63, 3.8) is 0 Å². The first-order valence-corrected chi connectivity index (χ1v) is 7.17. The number of rotatable bonds is 3. The maximum atomic E-state index is 11.6. The predicted octanol–water partition coefficient (Wildman–Crippen LogP) is 3.23. The van der Waals surface area contributed by atoms with Crippen LogP contribution in [0.3, 0.4) is 0 Å².